The van der Waals surface area contributed by atoms with Gasteiger partial charge in [-0.3, -0.25) is 14.7 Å². The first-order chi connectivity index (χ1) is 9.24. The van der Waals surface area contributed by atoms with Gasteiger partial charge in [-0.15, -0.1) is 0 Å². The molecular formula is C14H24N4O. The molecule has 0 aromatic carbocycles. The SMILES string of the molecule is CC(=O)NCCN1CCN(CC2C=NC=CC2)CC1. The summed E-state index contributed by atoms with van der Waals surface area (Å²) in [4.78, 5) is 20.0. The Hall–Kier alpha value is -1.20. The van der Waals surface area contributed by atoms with Gasteiger partial charge in [0.2, 0.25) is 5.91 Å². The molecule has 1 amide bonds. The van der Waals surface area contributed by atoms with Crippen molar-refractivity contribution < 1.29 is 4.79 Å². The van der Waals surface area contributed by atoms with Crippen molar-refractivity contribution in [3.8, 4) is 0 Å². The predicted molar refractivity (Wildman–Crippen MR) is 77.3 cm³/mol. The summed E-state index contributed by atoms with van der Waals surface area (Å²) in [5.74, 6) is 0.638. The van der Waals surface area contributed by atoms with Gasteiger partial charge in [0.1, 0.15) is 0 Å². The molecule has 2 aliphatic heterocycles. The van der Waals surface area contributed by atoms with Crippen molar-refractivity contribution in [3.63, 3.8) is 0 Å². The van der Waals surface area contributed by atoms with Crippen molar-refractivity contribution in [3.05, 3.63) is 12.3 Å². The number of hydrogen-bond donors (Lipinski definition) is 1. The Morgan fingerprint density at radius 2 is 2.05 bits per heavy atom. The Balaban J connectivity index is 1.61. The summed E-state index contributed by atoms with van der Waals surface area (Å²) in [7, 11) is 0. The average molecular weight is 264 g/mol. The molecule has 0 bridgehead atoms. The molecule has 19 heavy (non-hydrogen) atoms. The molecule has 0 aromatic heterocycles. The summed E-state index contributed by atoms with van der Waals surface area (Å²) >= 11 is 0. The van der Waals surface area contributed by atoms with Gasteiger partial charge in [-0.25, -0.2) is 0 Å². The monoisotopic (exact) mass is 264 g/mol. The molecule has 1 N–H and O–H groups in total. The van der Waals surface area contributed by atoms with Gasteiger partial charge in [0.25, 0.3) is 0 Å². The first kappa shape index (κ1) is 14.2. The number of rotatable bonds is 5. The van der Waals surface area contributed by atoms with Crippen LogP contribution in [-0.2, 0) is 4.79 Å². The van der Waals surface area contributed by atoms with E-state index in [9.17, 15) is 4.79 Å². The molecule has 0 aromatic rings. The summed E-state index contributed by atoms with van der Waals surface area (Å²) < 4.78 is 0. The predicted octanol–water partition coefficient (Wildman–Crippen LogP) is 0.345. The lowest BCUT2D eigenvalue weighted by Crippen LogP contribution is -2.49. The number of carbonyl (C=O) groups excluding carboxylic acids is 1. The van der Waals surface area contributed by atoms with Gasteiger partial charge in [-0.1, -0.05) is 6.08 Å². The molecule has 0 aliphatic carbocycles. The number of hydrogen-bond acceptors (Lipinski definition) is 4. The fraction of sp³-hybridized carbons (Fsp3) is 0.714. The van der Waals surface area contributed by atoms with E-state index in [1.807, 2.05) is 6.20 Å². The van der Waals surface area contributed by atoms with Gasteiger partial charge in [-0.2, -0.15) is 0 Å². The summed E-state index contributed by atoms with van der Waals surface area (Å²) in [6.07, 6.45) is 7.22. The second-order valence-corrected chi connectivity index (χ2v) is 5.30. The van der Waals surface area contributed by atoms with Gasteiger partial charge in [0.15, 0.2) is 0 Å². The first-order valence-electron chi connectivity index (χ1n) is 7.11. The number of carbonyl (C=O) groups is 1. The highest BCUT2D eigenvalue weighted by molar-refractivity contribution is 5.72. The minimum atomic E-state index is 0.0586. The zero-order valence-corrected chi connectivity index (χ0v) is 11.7. The van der Waals surface area contributed by atoms with E-state index in [2.05, 4.69) is 32.4 Å². The lowest BCUT2D eigenvalue weighted by molar-refractivity contribution is -0.119. The minimum absolute atomic E-state index is 0.0586. The molecule has 0 saturated carbocycles. The van der Waals surface area contributed by atoms with Crippen LogP contribution in [0.15, 0.2) is 17.3 Å². The molecule has 2 rings (SSSR count). The van der Waals surface area contributed by atoms with Crippen molar-refractivity contribution >= 4 is 12.1 Å². The Morgan fingerprint density at radius 1 is 1.32 bits per heavy atom. The lowest BCUT2D eigenvalue weighted by Gasteiger charge is -2.36. The number of aliphatic imine (C=N–C) groups is 1. The van der Waals surface area contributed by atoms with E-state index < -0.39 is 0 Å². The zero-order chi connectivity index (χ0) is 13.5. The smallest absolute Gasteiger partial charge is 0.216 e. The number of piperazine rings is 1. The standard InChI is InChI=1S/C14H24N4O/c1-13(19)16-5-6-17-7-9-18(10-8-17)12-14-3-2-4-15-11-14/h2,4,11,14H,3,5-10,12H2,1H3,(H,16,19). The summed E-state index contributed by atoms with van der Waals surface area (Å²) in [6.45, 7) is 8.84. The first-order valence-corrected chi connectivity index (χ1v) is 7.11. The average Bonchev–Trinajstić information content (AvgIpc) is 2.42. The van der Waals surface area contributed by atoms with Crippen LogP contribution in [0.1, 0.15) is 13.3 Å². The van der Waals surface area contributed by atoms with Crippen LogP contribution in [0.25, 0.3) is 0 Å². The number of amides is 1. The van der Waals surface area contributed by atoms with Crippen LogP contribution in [0.2, 0.25) is 0 Å². The fourth-order valence-electron chi connectivity index (χ4n) is 2.57. The molecule has 5 nitrogen and oxygen atoms in total. The maximum Gasteiger partial charge on any atom is 0.216 e. The van der Waals surface area contributed by atoms with Gasteiger partial charge in [0.05, 0.1) is 0 Å². The Bertz CT molecular complexity index is 345. The highest BCUT2D eigenvalue weighted by atomic mass is 16.1. The molecule has 1 saturated heterocycles. The van der Waals surface area contributed by atoms with E-state index in [0.717, 1.165) is 52.2 Å². The summed E-state index contributed by atoms with van der Waals surface area (Å²) in [5.41, 5.74) is 0. The van der Waals surface area contributed by atoms with E-state index in [1.165, 1.54) is 0 Å². The largest absolute Gasteiger partial charge is 0.355 e. The Labute approximate surface area is 115 Å². The molecule has 1 atom stereocenters. The van der Waals surface area contributed by atoms with Crippen molar-refractivity contribution in [2.75, 3.05) is 45.8 Å². The second-order valence-electron chi connectivity index (χ2n) is 5.30. The number of nitrogens with zero attached hydrogens (tertiary/aromatic N) is 3. The van der Waals surface area contributed by atoms with Crippen LogP contribution in [0.3, 0.4) is 0 Å². The molecule has 2 aliphatic rings. The van der Waals surface area contributed by atoms with Crippen molar-refractivity contribution in [1.29, 1.82) is 0 Å². The topological polar surface area (TPSA) is 47.9 Å². The highest BCUT2D eigenvalue weighted by Gasteiger charge is 2.19. The van der Waals surface area contributed by atoms with Crippen LogP contribution in [0.5, 0.6) is 0 Å². The lowest BCUT2D eigenvalue weighted by atomic mass is 10.0. The van der Waals surface area contributed by atoms with E-state index in [4.69, 9.17) is 0 Å². The van der Waals surface area contributed by atoms with Crippen LogP contribution in [0.4, 0.5) is 0 Å². The van der Waals surface area contributed by atoms with E-state index in [-0.39, 0.29) is 5.91 Å². The van der Waals surface area contributed by atoms with Gasteiger partial charge < -0.3 is 10.2 Å². The molecule has 1 unspecified atom stereocenters. The minimum Gasteiger partial charge on any atom is -0.355 e. The molecule has 1 fully saturated rings. The van der Waals surface area contributed by atoms with Crippen LogP contribution >= 0.6 is 0 Å². The normalized spacial score (nSPS) is 24.6. The Morgan fingerprint density at radius 3 is 2.68 bits per heavy atom. The third kappa shape index (κ3) is 5.12. The van der Waals surface area contributed by atoms with Crippen molar-refractivity contribution in [1.82, 2.24) is 15.1 Å². The maximum absolute atomic E-state index is 10.8. The van der Waals surface area contributed by atoms with Crippen LogP contribution < -0.4 is 5.32 Å². The molecule has 5 heteroatoms. The molecule has 106 valence electrons. The quantitative estimate of drug-likeness (QED) is 0.779. The van der Waals surface area contributed by atoms with Crippen molar-refractivity contribution in [2.45, 2.75) is 13.3 Å². The van der Waals surface area contributed by atoms with E-state index in [1.54, 1.807) is 6.92 Å². The molecular weight excluding hydrogens is 240 g/mol. The molecule has 2 heterocycles. The molecule has 0 spiro atoms. The zero-order valence-electron chi connectivity index (χ0n) is 11.7. The van der Waals surface area contributed by atoms with Crippen molar-refractivity contribution in [2.24, 2.45) is 10.9 Å². The third-order valence-electron chi connectivity index (χ3n) is 3.69. The van der Waals surface area contributed by atoms with Gasteiger partial charge >= 0.3 is 0 Å². The Kier molecular flexibility index (Phi) is 5.54. The van der Waals surface area contributed by atoms with Gasteiger partial charge in [0, 0.05) is 71.1 Å². The number of allylic oxidation sites excluding steroid dienone is 1. The van der Waals surface area contributed by atoms with Crippen LogP contribution in [-0.4, -0.2) is 67.7 Å². The highest BCUT2D eigenvalue weighted by Crippen LogP contribution is 2.10. The maximum atomic E-state index is 10.8. The summed E-state index contributed by atoms with van der Waals surface area (Å²) in [5, 5.41) is 2.85. The molecule has 0 radical (unpaired) electrons. The van der Waals surface area contributed by atoms with Gasteiger partial charge in [-0.05, 0) is 6.42 Å². The third-order valence-corrected chi connectivity index (χ3v) is 3.69. The van der Waals surface area contributed by atoms with Crippen LogP contribution in [0, 0.1) is 5.92 Å². The summed E-state index contributed by atoms with van der Waals surface area (Å²) in [6, 6.07) is 0. The fourth-order valence-corrected chi connectivity index (χ4v) is 2.57. The van der Waals surface area contributed by atoms with E-state index in [0.29, 0.717) is 5.92 Å². The van der Waals surface area contributed by atoms with E-state index >= 15 is 0 Å². The second kappa shape index (κ2) is 7.40. The number of nitrogens with one attached hydrogen (secondary N) is 1.